The topological polar surface area (TPSA) is 38.7 Å². The second-order valence-electron chi connectivity index (χ2n) is 4.03. The molecule has 3 nitrogen and oxygen atoms in total. The maximum absolute atomic E-state index is 12.9. The van der Waals surface area contributed by atoms with Gasteiger partial charge in [0.2, 0.25) is 0 Å². The summed E-state index contributed by atoms with van der Waals surface area (Å²) < 4.78 is 12.9. The van der Waals surface area contributed by atoms with Crippen molar-refractivity contribution < 1.29 is 4.39 Å². The van der Waals surface area contributed by atoms with Crippen LogP contribution in [0.1, 0.15) is 5.69 Å². The second kappa shape index (κ2) is 4.14. The van der Waals surface area contributed by atoms with E-state index in [1.165, 1.54) is 18.5 Å². The van der Waals surface area contributed by atoms with Gasteiger partial charge in [-0.2, -0.15) is 0 Å². The summed E-state index contributed by atoms with van der Waals surface area (Å²) in [6.45, 7) is 1.89. The summed E-state index contributed by atoms with van der Waals surface area (Å²) in [5, 5.41) is 0. The highest BCUT2D eigenvalue weighted by Gasteiger charge is 2.04. The minimum atomic E-state index is -0.251. The largest absolute Gasteiger partial charge is 0.244 e. The maximum atomic E-state index is 12.9. The van der Waals surface area contributed by atoms with E-state index >= 15 is 0 Å². The summed E-state index contributed by atoms with van der Waals surface area (Å²) >= 11 is 0. The van der Waals surface area contributed by atoms with Crippen LogP contribution in [-0.2, 0) is 0 Å². The third kappa shape index (κ3) is 1.82. The molecular weight excluding hydrogens is 229 g/mol. The van der Waals surface area contributed by atoms with Crippen molar-refractivity contribution in [2.24, 2.45) is 0 Å². The highest BCUT2D eigenvalue weighted by atomic mass is 19.1. The third-order valence-corrected chi connectivity index (χ3v) is 2.80. The molecule has 18 heavy (non-hydrogen) atoms. The summed E-state index contributed by atoms with van der Waals surface area (Å²) in [6, 6.07) is 10.0. The van der Waals surface area contributed by atoms with Gasteiger partial charge in [-0.25, -0.2) is 19.3 Å². The van der Waals surface area contributed by atoms with E-state index in [1.807, 2.05) is 19.1 Å². The molecule has 1 aromatic carbocycles. The molecule has 3 aromatic rings. The van der Waals surface area contributed by atoms with E-state index in [0.717, 1.165) is 28.0 Å². The van der Waals surface area contributed by atoms with E-state index in [4.69, 9.17) is 0 Å². The number of hydrogen-bond acceptors (Lipinski definition) is 3. The molecule has 0 aliphatic carbocycles. The molecule has 0 unspecified atom stereocenters. The van der Waals surface area contributed by atoms with Gasteiger partial charge < -0.3 is 0 Å². The van der Waals surface area contributed by atoms with Crippen LogP contribution >= 0.6 is 0 Å². The summed E-state index contributed by atoms with van der Waals surface area (Å²) in [5.41, 5.74) is 4.10. The van der Waals surface area contributed by atoms with Crippen molar-refractivity contribution in [3.63, 3.8) is 0 Å². The van der Waals surface area contributed by atoms with Crippen molar-refractivity contribution in [2.75, 3.05) is 0 Å². The minimum Gasteiger partial charge on any atom is -0.244 e. The van der Waals surface area contributed by atoms with Crippen LogP contribution in [0.5, 0.6) is 0 Å². The molecule has 4 heteroatoms. The molecule has 88 valence electrons. The Bertz CT molecular complexity index is 708. The number of hydrogen-bond donors (Lipinski definition) is 0. The van der Waals surface area contributed by atoms with E-state index in [1.54, 1.807) is 12.1 Å². The van der Waals surface area contributed by atoms with Crippen LogP contribution in [0.2, 0.25) is 0 Å². The van der Waals surface area contributed by atoms with Crippen LogP contribution < -0.4 is 0 Å². The lowest BCUT2D eigenvalue weighted by Gasteiger charge is -2.04. The first-order chi connectivity index (χ1) is 8.74. The first-order valence-electron chi connectivity index (χ1n) is 5.58. The maximum Gasteiger partial charge on any atom is 0.123 e. The van der Waals surface area contributed by atoms with Crippen molar-refractivity contribution in [3.8, 4) is 11.3 Å². The third-order valence-electron chi connectivity index (χ3n) is 2.80. The van der Waals surface area contributed by atoms with Crippen LogP contribution in [0.4, 0.5) is 4.39 Å². The van der Waals surface area contributed by atoms with Gasteiger partial charge in [0, 0.05) is 5.56 Å². The standard InChI is InChI=1S/C14H10FN3/c1-9-14-13(17-8-16-9)7-6-12(18-14)10-2-4-11(15)5-3-10/h2-8H,1H3. The molecule has 0 spiro atoms. The van der Waals surface area contributed by atoms with Crippen LogP contribution in [0, 0.1) is 12.7 Å². The monoisotopic (exact) mass is 239 g/mol. The van der Waals surface area contributed by atoms with E-state index < -0.39 is 0 Å². The van der Waals surface area contributed by atoms with Gasteiger partial charge in [0.25, 0.3) is 0 Å². The minimum absolute atomic E-state index is 0.251. The number of aromatic nitrogens is 3. The predicted molar refractivity (Wildman–Crippen MR) is 67.5 cm³/mol. The summed E-state index contributed by atoms with van der Waals surface area (Å²) in [6.07, 6.45) is 1.52. The van der Waals surface area contributed by atoms with Gasteiger partial charge in [0.05, 0.1) is 16.9 Å². The molecule has 0 bridgehead atoms. The molecule has 0 amide bonds. The van der Waals surface area contributed by atoms with Crippen molar-refractivity contribution in [2.45, 2.75) is 6.92 Å². The lowest BCUT2D eigenvalue weighted by atomic mass is 10.1. The van der Waals surface area contributed by atoms with Crippen LogP contribution in [0.3, 0.4) is 0 Å². The number of nitrogens with zero attached hydrogens (tertiary/aromatic N) is 3. The van der Waals surface area contributed by atoms with Gasteiger partial charge in [-0.05, 0) is 43.3 Å². The lowest BCUT2D eigenvalue weighted by molar-refractivity contribution is 0.628. The molecule has 0 atom stereocenters. The molecule has 3 rings (SSSR count). The fourth-order valence-electron chi connectivity index (χ4n) is 1.84. The van der Waals surface area contributed by atoms with Crippen LogP contribution in [-0.4, -0.2) is 15.0 Å². The van der Waals surface area contributed by atoms with Crippen molar-refractivity contribution in [1.29, 1.82) is 0 Å². The van der Waals surface area contributed by atoms with E-state index in [0.29, 0.717) is 0 Å². The SMILES string of the molecule is Cc1ncnc2ccc(-c3ccc(F)cc3)nc12. The molecule has 0 N–H and O–H groups in total. The summed E-state index contributed by atoms with van der Waals surface area (Å²) in [7, 11) is 0. The van der Waals surface area contributed by atoms with E-state index in [2.05, 4.69) is 15.0 Å². The van der Waals surface area contributed by atoms with Gasteiger partial charge in [-0.15, -0.1) is 0 Å². The summed E-state index contributed by atoms with van der Waals surface area (Å²) in [5.74, 6) is -0.251. The Balaban J connectivity index is 2.18. The highest BCUT2D eigenvalue weighted by molar-refractivity contribution is 5.79. The zero-order chi connectivity index (χ0) is 12.5. The van der Waals surface area contributed by atoms with Gasteiger partial charge in [0.15, 0.2) is 0 Å². The molecule has 0 aliphatic heterocycles. The van der Waals surface area contributed by atoms with Gasteiger partial charge in [-0.3, -0.25) is 0 Å². The Morgan fingerprint density at radius 2 is 1.72 bits per heavy atom. The van der Waals surface area contributed by atoms with Crippen LogP contribution in [0.15, 0.2) is 42.7 Å². The molecule has 2 aromatic heterocycles. The Hall–Kier alpha value is -2.36. The van der Waals surface area contributed by atoms with Crippen molar-refractivity contribution in [1.82, 2.24) is 15.0 Å². The van der Waals surface area contributed by atoms with Crippen LogP contribution in [0.25, 0.3) is 22.3 Å². The van der Waals surface area contributed by atoms with Crippen molar-refractivity contribution in [3.05, 3.63) is 54.2 Å². The zero-order valence-electron chi connectivity index (χ0n) is 9.76. The van der Waals surface area contributed by atoms with E-state index in [9.17, 15) is 4.39 Å². The number of halogens is 1. The number of pyridine rings is 1. The number of fused-ring (bicyclic) bond motifs is 1. The Morgan fingerprint density at radius 3 is 2.50 bits per heavy atom. The average molecular weight is 239 g/mol. The predicted octanol–water partition coefficient (Wildman–Crippen LogP) is 3.14. The van der Waals surface area contributed by atoms with Gasteiger partial charge >= 0.3 is 0 Å². The normalized spacial score (nSPS) is 10.8. The molecule has 0 fully saturated rings. The smallest absolute Gasteiger partial charge is 0.123 e. The summed E-state index contributed by atoms with van der Waals surface area (Å²) in [4.78, 5) is 12.8. The quantitative estimate of drug-likeness (QED) is 0.654. The fraction of sp³-hybridized carbons (Fsp3) is 0.0714. The van der Waals surface area contributed by atoms with Gasteiger partial charge in [0.1, 0.15) is 17.7 Å². The lowest BCUT2D eigenvalue weighted by Crippen LogP contribution is -1.92. The first-order valence-corrected chi connectivity index (χ1v) is 5.58. The molecule has 2 heterocycles. The molecule has 0 saturated heterocycles. The number of rotatable bonds is 1. The van der Waals surface area contributed by atoms with Gasteiger partial charge in [-0.1, -0.05) is 0 Å². The first kappa shape index (κ1) is 10.8. The Labute approximate surface area is 103 Å². The molecule has 0 saturated carbocycles. The highest BCUT2D eigenvalue weighted by Crippen LogP contribution is 2.21. The second-order valence-corrected chi connectivity index (χ2v) is 4.03. The number of benzene rings is 1. The molecular formula is C14H10FN3. The van der Waals surface area contributed by atoms with E-state index in [-0.39, 0.29) is 5.82 Å². The fourth-order valence-corrected chi connectivity index (χ4v) is 1.84. The molecule has 0 aliphatic rings. The average Bonchev–Trinajstić information content (AvgIpc) is 2.40. The van der Waals surface area contributed by atoms with Crippen molar-refractivity contribution >= 4 is 11.0 Å². The Morgan fingerprint density at radius 1 is 0.944 bits per heavy atom. The zero-order valence-corrected chi connectivity index (χ0v) is 9.76. The Kier molecular flexibility index (Phi) is 2.48. The molecule has 0 radical (unpaired) electrons. The number of aryl methyl sites for hydroxylation is 1.